The van der Waals surface area contributed by atoms with E-state index in [1.165, 1.54) is 22.2 Å². The molecule has 2 unspecified atom stereocenters. The molecule has 138 valence electrons. The lowest BCUT2D eigenvalue weighted by Gasteiger charge is -2.17. The van der Waals surface area contributed by atoms with Gasteiger partial charge in [-0.15, -0.1) is 11.3 Å². The molecule has 26 heavy (non-hydrogen) atoms. The SMILES string of the molecule is CCn1c(SC(C)c2nc(C)no2)nc2sc3c(c2c1=O)CCC(C)C3. The van der Waals surface area contributed by atoms with Crippen molar-refractivity contribution in [3.63, 3.8) is 0 Å². The van der Waals surface area contributed by atoms with Crippen molar-refractivity contribution in [2.24, 2.45) is 5.92 Å². The summed E-state index contributed by atoms with van der Waals surface area (Å²) in [4.78, 5) is 24.6. The molecular weight excluding hydrogens is 368 g/mol. The van der Waals surface area contributed by atoms with Crippen LogP contribution in [0.15, 0.2) is 14.5 Å². The van der Waals surface area contributed by atoms with Crippen LogP contribution in [0.25, 0.3) is 10.2 Å². The van der Waals surface area contributed by atoms with Gasteiger partial charge < -0.3 is 4.52 Å². The lowest BCUT2D eigenvalue weighted by molar-refractivity contribution is 0.376. The Balaban J connectivity index is 1.79. The van der Waals surface area contributed by atoms with E-state index >= 15 is 0 Å². The van der Waals surface area contributed by atoms with Gasteiger partial charge in [0.05, 0.1) is 10.6 Å². The van der Waals surface area contributed by atoms with Crippen LogP contribution < -0.4 is 5.56 Å². The Bertz CT molecular complexity index is 1020. The zero-order valence-corrected chi connectivity index (χ0v) is 17.0. The first-order chi connectivity index (χ1) is 12.5. The first-order valence-electron chi connectivity index (χ1n) is 8.99. The van der Waals surface area contributed by atoms with Gasteiger partial charge >= 0.3 is 0 Å². The molecule has 3 aromatic rings. The van der Waals surface area contributed by atoms with Gasteiger partial charge in [0.1, 0.15) is 4.83 Å². The number of aromatic nitrogens is 4. The largest absolute Gasteiger partial charge is 0.338 e. The minimum absolute atomic E-state index is 0.0621. The van der Waals surface area contributed by atoms with Crippen LogP contribution >= 0.6 is 23.1 Å². The summed E-state index contributed by atoms with van der Waals surface area (Å²) in [6.45, 7) is 8.66. The van der Waals surface area contributed by atoms with Gasteiger partial charge in [-0.2, -0.15) is 4.98 Å². The first-order valence-corrected chi connectivity index (χ1v) is 10.7. The highest BCUT2D eigenvalue weighted by Gasteiger charge is 2.25. The molecule has 1 aliphatic rings. The van der Waals surface area contributed by atoms with Crippen molar-refractivity contribution in [3.8, 4) is 0 Å². The maximum Gasteiger partial charge on any atom is 0.263 e. The van der Waals surface area contributed by atoms with Crippen LogP contribution in [0.1, 0.15) is 54.6 Å². The summed E-state index contributed by atoms with van der Waals surface area (Å²) in [7, 11) is 0. The van der Waals surface area contributed by atoms with Crippen LogP contribution in [-0.2, 0) is 19.4 Å². The Morgan fingerprint density at radius 1 is 1.42 bits per heavy atom. The van der Waals surface area contributed by atoms with Crippen LogP contribution in [-0.4, -0.2) is 19.7 Å². The highest BCUT2D eigenvalue weighted by atomic mass is 32.2. The third kappa shape index (κ3) is 2.99. The van der Waals surface area contributed by atoms with Gasteiger partial charge in [0, 0.05) is 11.4 Å². The molecule has 0 bridgehead atoms. The maximum atomic E-state index is 13.2. The standard InChI is InChI=1S/C18H22N4O2S2/c1-5-22-17(23)14-12-7-6-9(2)8-13(12)26-16(14)20-18(22)25-10(3)15-19-11(4)21-24-15/h9-10H,5-8H2,1-4H3. The van der Waals surface area contributed by atoms with Crippen molar-refractivity contribution in [1.29, 1.82) is 0 Å². The van der Waals surface area contributed by atoms with Gasteiger partial charge in [-0.1, -0.05) is 23.8 Å². The van der Waals surface area contributed by atoms with Gasteiger partial charge in [0.15, 0.2) is 11.0 Å². The topological polar surface area (TPSA) is 73.8 Å². The van der Waals surface area contributed by atoms with Gasteiger partial charge in [-0.3, -0.25) is 9.36 Å². The molecule has 8 heteroatoms. The monoisotopic (exact) mass is 390 g/mol. The minimum Gasteiger partial charge on any atom is -0.338 e. The first kappa shape index (κ1) is 17.7. The third-order valence-corrected chi connectivity index (χ3v) is 7.10. The second-order valence-corrected chi connectivity index (χ2v) is 9.31. The number of thiophene rings is 1. The van der Waals surface area contributed by atoms with Gasteiger partial charge in [0.2, 0.25) is 5.89 Å². The highest BCUT2D eigenvalue weighted by Crippen LogP contribution is 2.38. The van der Waals surface area contributed by atoms with E-state index in [0.29, 0.717) is 24.2 Å². The summed E-state index contributed by atoms with van der Waals surface area (Å²) in [5.41, 5.74) is 1.32. The van der Waals surface area contributed by atoms with Gasteiger partial charge in [0.25, 0.3) is 5.56 Å². The Labute approximate surface area is 160 Å². The summed E-state index contributed by atoms with van der Waals surface area (Å²) in [5, 5.41) is 5.35. The number of hydrogen-bond acceptors (Lipinski definition) is 7. The molecule has 4 rings (SSSR count). The third-order valence-electron chi connectivity index (χ3n) is 4.87. The molecule has 1 aliphatic carbocycles. The molecule has 0 radical (unpaired) electrons. The summed E-state index contributed by atoms with van der Waals surface area (Å²) >= 11 is 3.19. The predicted octanol–water partition coefficient (Wildman–Crippen LogP) is 4.15. The average molecular weight is 391 g/mol. The zero-order valence-electron chi connectivity index (χ0n) is 15.4. The molecule has 0 aromatic carbocycles. The second kappa shape index (κ2) is 6.81. The highest BCUT2D eigenvalue weighted by molar-refractivity contribution is 7.99. The smallest absolute Gasteiger partial charge is 0.263 e. The number of hydrogen-bond donors (Lipinski definition) is 0. The normalized spacial score (nSPS) is 18.2. The van der Waals surface area contributed by atoms with E-state index in [2.05, 4.69) is 17.1 Å². The number of fused-ring (bicyclic) bond motifs is 3. The van der Waals surface area contributed by atoms with Crippen molar-refractivity contribution < 1.29 is 4.52 Å². The van der Waals surface area contributed by atoms with E-state index in [0.717, 1.165) is 34.6 Å². The predicted molar refractivity (Wildman–Crippen MR) is 104 cm³/mol. The second-order valence-electron chi connectivity index (χ2n) is 6.92. The van der Waals surface area contributed by atoms with Gasteiger partial charge in [-0.05, 0) is 51.5 Å². The minimum atomic E-state index is -0.0621. The summed E-state index contributed by atoms with van der Waals surface area (Å²) in [6, 6.07) is 0. The lowest BCUT2D eigenvalue weighted by Crippen LogP contribution is -2.23. The van der Waals surface area contributed by atoms with E-state index in [1.807, 2.05) is 13.8 Å². The quantitative estimate of drug-likeness (QED) is 0.492. The Kier molecular flexibility index (Phi) is 4.64. The van der Waals surface area contributed by atoms with E-state index in [4.69, 9.17) is 9.51 Å². The molecule has 0 saturated carbocycles. The fraction of sp³-hybridized carbons (Fsp3) is 0.556. The summed E-state index contributed by atoms with van der Waals surface area (Å²) in [6.07, 6.45) is 3.19. The van der Waals surface area contributed by atoms with Gasteiger partial charge in [-0.25, -0.2) is 4.98 Å². The molecule has 0 amide bonds. The van der Waals surface area contributed by atoms with Crippen LogP contribution in [0.3, 0.4) is 0 Å². The fourth-order valence-electron chi connectivity index (χ4n) is 3.46. The van der Waals surface area contributed by atoms with Crippen LogP contribution in [0, 0.1) is 12.8 Å². The molecule has 6 nitrogen and oxygen atoms in total. The number of rotatable bonds is 4. The molecule has 0 saturated heterocycles. The zero-order chi connectivity index (χ0) is 18.4. The number of thioether (sulfide) groups is 1. The van der Waals surface area contributed by atoms with E-state index < -0.39 is 0 Å². The number of nitrogens with zero attached hydrogens (tertiary/aromatic N) is 4. The molecular formula is C18H22N4O2S2. The molecule has 0 N–H and O–H groups in total. The van der Waals surface area contributed by atoms with Crippen LogP contribution in [0.5, 0.6) is 0 Å². The Morgan fingerprint density at radius 3 is 2.92 bits per heavy atom. The van der Waals surface area contributed by atoms with Crippen LogP contribution in [0.4, 0.5) is 0 Å². The van der Waals surface area contributed by atoms with Crippen molar-refractivity contribution >= 4 is 33.3 Å². The summed E-state index contributed by atoms with van der Waals surface area (Å²) < 4.78 is 7.05. The fourth-order valence-corrected chi connectivity index (χ4v) is 5.89. The van der Waals surface area contributed by atoms with E-state index in [9.17, 15) is 4.79 Å². The van der Waals surface area contributed by atoms with E-state index in [-0.39, 0.29) is 10.8 Å². The molecule has 2 atom stereocenters. The van der Waals surface area contributed by atoms with Crippen LogP contribution in [0.2, 0.25) is 0 Å². The molecule has 0 aliphatic heterocycles. The molecule has 0 fully saturated rings. The Morgan fingerprint density at radius 2 is 2.23 bits per heavy atom. The van der Waals surface area contributed by atoms with E-state index in [1.54, 1.807) is 22.8 Å². The van der Waals surface area contributed by atoms with Crippen molar-refractivity contribution in [2.45, 2.75) is 63.9 Å². The lowest BCUT2D eigenvalue weighted by atomic mass is 9.89. The van der Waals surface area contributed by atoms with Crippen molar-refractivity contribution in [3.05, 3.63) is 32.5 Å². The number of aryl methyl sites for hydroxylation is 2. The maximum absolute atomic E-state index is 13.2. The Hall–Kier alpha value is -1.67. The summed E-state index contributed by atoms with van der Waals surface area (Å²) in [5.74, 6) is 1.85. The van der Waals surface area contributed by atoms with Crippen molar-refractivity contribution in [2.75, 3.05) is 0 Å². The van der Waals surface area contributed by atoms with Crippen molar-refractivity contribution in [1.82, 2.24) is 19.7 Å². The average Bonchev–Trinajstić information content (AvgIpc) is 3.18. The molecule has 3 aromatic heterocycles. The molecule has 3 heterocycles. The molecule has 0 spiro atoms.